The molecule has 1 aliphatic rings. The normalized spacial score (nSPS) is 16.7. The third kappa shape index (κ3) is 4.31. The molecule has 0 unspecified atom stereocenters. The number of carbonyl (C=O) groups excluding carboxylic acids is 1. The maximum absolute atomic E-state index is 12.3. The van der Waals surface area contributed by atoms with E-state index in [-0.39, 0.29) is 16.8 Å². The summed E-state index contributed by atoms with van der Waals surface area (Å²) in [6, 6.07) is 15.0. The topological polar surface area (TPSA) is 75.3 Å². The minimum absolute atomic E-state index is 0.0265. The smallest absolute Gasteiger partial charge is 0.240 e. The molecule has 2 N–H and O–H groups in total. The third-order valence-electron chi connectivity index (χ3n) is 4.85. The number of nitrogens with one attached hydrogen (secondary N) is 2. The predicted octanol–water partition coefficient (Wildman–Crippen LogP) is 2.72. The predicted molar refractivity (Wildman–Crippen MR) is 101 cm³/mol. The van der Waals surface area contributed by atoms with Crippen molar-refractivity contribution in [2.45, 2.75) is 43.0 Å². The summed E-state index contributed by atoms with van der Waals surface area (Å²) in [6.07, 6.45) is 4.10. The Balaban J connectivity index is 1.57. The zero-order valence-corrected chi connectivity index (χ0v) is 15.7. The van der Waals surface area contributed by atoms with Gasteiger partial charge in [0.1, 0.15) is 0 Å². The average Bonchev–Trinajstić information content (AvgIpc) is 2.67. The van der Waals surface area contributed by atoms with Gasteiger partial charge in [-0.25, -0.2) is 13.1 Å². The lowest BCUT2D eigenvalue weighted by Gasteiger charge is -2.26. The maximum atomic E-state index is 12.3. The lowest BCUT2D eigenvalue weighted by Crippen LogP contribution is -2.31. The highest BCUT2D eigenvalue weighted by Gasteiger charge is 2.21. The molecule has 0 aromatic heterocycles. The first kappa shape index (κ1) is 18.6. The van der Waals surface area contributed by atoms with Gasteiger partial charge in [-0.2, -0.15) is 0 Å². The van der Waals surface area contributed by atoms with Gasteiger partial charge in [0.05, 0.1) is 10.9 Å². The van der Waals surface area contributed by atoms with E-state index in [1.54, 1.807) is 24.3 Å². The summed E-state index contributed by atoms with van der Waals surface area (Å²) in [5.41, 5.74) is 3.50. The van der Waals surface area contributed by atoms with E-state index in [1.807, 2.05) is 12.1 Å². The fourth-order valence-corrected chi connectivity index (χ4v) is 4.11. The van der Waals surface area contributed by atoms with Crippen LogP contribution in [0.1, 0.15) is 42.0 Å². The summed E-state index contributed by atoms with van der Waals surface area (Å²) in [5.74, 6) is 0.0265. The number of carbonyl (C=O) groups is 1. The second-order valence-electron chi connectivity index (χ2n) is 6.56. The first-order valence-electron chi connectivity index (χ1n) is 8.89. The number of sulfonamides is 1. The van der Waals surface area contributed by atoms with Gasteiger partial charge >= 0.3 is 0 Å². The lowest BCUT2D eigenvalue weighted by molar-refractivity contribution is -0.121. The van der Waals surface area contributed by atoms with Crippen LogP contribution in [0.15, 0.2) is 53.4 Å². The van der Waals surface area contributed by atoms with Crippen LogP contribution in [0, 0.1) is 0 Å². The molecule has 6 heteroatoms. The molecule has 0 saturated heterocycles. The first-order valence-corrected chi connectivity index (χ1v) is 10.4. The Morgan fingerprint density at radius 1 is 1.12 bits per heavy atom. The molecule has 0 radical (unpaired) electrons. The molecule has 2 aromatic carbocycles. The molecule has 5 nitrogen and oxygen atoms in total. The molecule has 138 valence electrons. The first-order chi connectivity index (χ1) is 12.5. The van der Waals surface area contributed by atoms with Crippen molar-refractivity contribution in [2.24, 2.45) is 0 Å². The largest absolute Gasteiger partial charge is 0.349 e. The van der Waals surface area contributed by atoms with Gasteiger partial charge in [0.15, 0.2) is 0 Å². The van der Waals surface area contributed by atoms with Crippen LogP contribution in [0.4, 0.5) is 0 Å². The van der Waals surface area contributed by atoms with Gasteiger partial charge in [-0.1, -0.05) is 36.4 Å². The fraction of sp³-hybridized carbons (Fsp3) is 0.350. The van der Waals surface area contributed by atoms with Gasteiger partial charge in [0.2, 0.25) is 15.9 Å². The van der Waals surface area contributed by atoms with Gasteiger partial charge in [0.25, 0.3) is 0 Å². The number of fused-ring (bicyclic) bond motifs is 1. The van der Waals surface area contributed by atoms with Crippen molar-refractivity contribution in [1.29, 1.82) is 0 Å². The number of aryl methyl sites for hydroxylation is 2. The summed E-state index contributed by atoms with van der Waals surface area (Å²) in [4.78, 5) is 12.6. The monoisotopic (exact) mass is 372 g/mol. The Morgan fingerprint density at radius 2 is 1.85 bits per heavy atom. The molecule has 2 aromatic rings. The van der Waals surface area contributed by atoms with E-state index >= 15 is 0 Å². The van der Waals surface area contributed by atoms with Gasteiger partial charge in [-0.05, 0) is 61.6 Å². The van der Waals surface area contributed by atoms with Gasteiger partial charge in [0, 0.05) is 6.42 Å². The lowest BCUT2D eigenvalue weighted by atomic mass is 9.87. The van der Waals surface area contributed by atoms with Crippen molar-refractivity contribution in [2.75, 3.05) is 7.05 Å². The van der Waals surface area contributed by atoms with Crippen LogP contribution in [0.5, 0.6) is 0 Å². The summed E-state index contributed by atoms with van der Waals surface area (Å²) in [7, 11) is -2.04. The highest BCUT2D eigenvalue weighted by atomic mass is 32.2. The molecule has 1 aliphatic carbocycles. The molecule has 0 fully saturated rings. The second-order valence-corrected chi connectivity index (χ2v) is 8.45. The SMILES string of the molecule is CNS(=O)(=O)c1ccc(CCC(=O)N[C@@H]2CCCc3ccccc32)cc1. The van der Waals surface area contributed by atoms with Crippen molar-refractivity contribution < 1.29 is 13.2 Å². The molecule has 26 heavy (non-hydrogen) atoms. The van der Waals surface area contributed by atoms with E-state index in [9.17, 15) is 13.2 Å². The minimum atomic E-state index is -3.42. The van der Waals surface area contributed by atoms with Crippen molar-refractivity contribution in [3.05, 3.63) is 65.2 Å². The van der Waals surface area contributed by atoms with E-state index in [0.29, 0.717) is 12.8 Å². The van der Waals surface area contributed by atoms with E-state index in [2.05, 4.69) is 22.2 Å². The molecule has 0 spiro atoms. The summed E-state index contributed by atoms with van der Waals surface area (Å²) < 4.78 is 25.7. The Morgan fingerprint density at radius 3 is 2.58 bits per heavy atom. The Kier molecular flexibility index (Phi) is 5.74. The van der Waals surface area contributed by atoms with E-state index < -0.39 is 10.0 Å². The Hall–Kier alpha value is -2.18. The molecule has 1 amide bonds. The van der Waals surface area contributed by atoms with Crippen LogP contribution in [-0.2, 0) is 27.7 Å². The van der Waals surface area contributed by atoms with E-state index in [0.717, 1.165) is 24.8 Å². The zero-order chi connectivity index (χ0) is 18.6. The van der Waals surface area contributed by atoms with Crippen molar-refractivity contribution in [1.82, 2.24) is 10.0 Å². The molecule has 0 bridgehead atoms. The Bertz CT molecular complexity index is 876. The highest BCUT2D eigenvalue weighted by Crippen LogP contribution is 2.29. The molecule has 0 heterocycles. The van der Waals surface area contributed by atoms with Crippen LogP contribution in [0.2, 0.25) is 0 Å². The van der Waals surface area contributed by atoms with Gasteiger partial charge < -0.3 is 5.32 Å². The summed E-state index contributed by atoms with van der Waals surface area (Å²) in [6.45, 7) is 0. The molecule has 3 rings (SSSR count). The summed E-state index contributed by atoms with van der Waals surface area (Å²) in [5, 5.41) is 3.15. The summed E-state index contributed by atoms with van der Waals surface area (Å²) >= 11 is 0. The fourth-order valence-electron chi connectivity index (χ4n) is 3.38. The third-order valence-corrected chi connectivity index (χ3v) is 6.28. The maximum Gasteiger partial charge on any atom is 0.240 e. The number of hydrogen-bond acceptors (Lipinski definition) is 3. The molecule has 0 saturated carbocycles. The quantitative estimate of drug-likeness (QED) is 0.819. The van der Waals surface area contributed by atoms with Crippen LogP contribution in [0.25, 0.3) is 0 Å². The molecule has 0 aliphatic heterocycles. The number of benzene rings is 2. The van der Waals surface area contributed by atoms with Crippen LogP contribution >= 0.6 is 0 Å². The number of amides is 1. The molecular formula is C20H24N2O3S. The second kappa shape index (κ2) is 8.01. The van der Waals surface area contributed by atoms with Crippen LogP contribution in [0.3, 0.4) is 0 Å². The van der Waals surface area contributed by atoms with Crippen molar-refractivity contribution in [3.8, 4) is 0 Å². The number of rotatable bonds is 6. The van der Waals surface area contributed by atoms with Crippen LogP contribution < -0.4 is 10.0 Å². The van der Waals surface area contributed by atoms with Crippen molar-refractivity contribution >= 4 is 15.9 Å². The van der Waals surface area contributed by atoms with Crippen LogP contribution in [-0.4, -0.2) is 21.4 Å². The Labute approximate surface area is 154 Å². The van der Waals surface area contributed by atoms with E-state index in [1.165, 1.54) is 18.2 Å². The molecule has 1 atom stereocenters. The average molecular weight is 372 g/mol. The minimum Gasteiger partial charge on any atom is -0.349 e. The highest BCUT2D eigenvalue weighted by molar-refractivity contribution is 7.89. The number of hydrogen-bond donors (Lipinski definition) is 2. The van der Waals surface area contributed by atoms with E-state index in [4.69, 9.17) is 0 Å². The van der Waals surface area contributed by atoms with Gasteiger partial charge in [-0.3, -0.25) is 4.79 Å². The zero-order valence-electron chi connectivity index (χ0n) is 14.9. The standard InChI is InChI=1S/C20H24N2O3S/c1-21-26(24,25)17-12-9-15(10-13-17)11-14-20(23)22-19-8-4-6-16-5-2-3-7-18(16)19/h2-3,5,7,9-10,12-13,19,21H,4,6,8,11,14H2,1H3,(H,22,23)/t19-/m1/s1. The van der Waals surface area contributed by atoms with Crippen molar-refractivity contribution in [3.63, 3.8) is 0 Å². The van der Waals surface area contributed by atoms with Gasteiger partial charge in [-0.15, -0.1) is 0 Å². The molecular weight excluding hydrogens is 348 g/mol.